The molecule has 0 unspecified atom stereocenters. The maximum absolute atomic E-state index is 4.05. The molecule has 0 atom stereocenters. The quantitative estimate of drug-likeness (QED) is 0.549. The van der Waals surface area contributed by atoms with Crippen LogP contribution in [0.3, 0.4) is 0 Å². The fraction of sp³-hybridized carbons (Fsp3) is 0.500. The number of hydrogen-bond acceptors (Lipinski definition) is 0. The summed E-state index contributed by atoms with van der Waals surface area (Å²) < 4.78 is 0. The van der Waals surface area contributed by atoms with Crippen molar-refractivity contribution in [2.24, 2.45) is 5.41 Å². The standard InChI is InChI=1S/C14H20.C2H6/c1-11(2)6-7-13-10-14(4,5)9-8-12(13)3;1-2/h6-9H,3,10H2,1-2,4-5H3;1-2H3/b13-7-;. The molecule has 0 radical (unpaired) electrons. The van der Waals surface area contributed by atoms with Crippen molar-refractivity contribution in [3.63, 3.8) is 0 Å². The van der Waals surface area contributed by atoms with Crippen LogP contribution in [0.4, 0.5) is 0 Å². The molecule has 0 saturated carbocycles. The highest BCUT2D eigenvalue weighted by Gasteiger charge is 2.20. The van der Waals surface area contributed by atoms with E-state index < -0.39 is 0 Å². The maximum Gasteiger partial charge on any atom is -0.0131 e. The van der Waals surface area contributed by atoms with E-state index in [1.807, 2.05) is 13.8 Å². The van der Waals surface area contributed by atoms with Crippen molar-refractivity contribution < 1.29 is 0 Å². The zero-order valence-electron chi connectivity index (χ0n) is 11.7. The molecule has 0 nitrogen and oxygen atoms in total. The molecule has 0 heterocycles. The third-order valence-electron chi connectivity index (χ3n) is 2.41. The van der Waals surface area contributed by atoms with E-state index in [4.69, 9.17) is 0 Å². The van der Waals surface area contributed by atoms with Gasteiger partial charge in [-0.1, -0.05) is 64.2 Å². The monoisotopic (exact) mass is 218 g/mol. The summed E-state index contributed by atoms with van der Waals surface area (Å²) >= 11 is 0. The van der Waals surface area contributed by atoms with Gasteiger partial charge in [-0.25, -0.2) is 0 Å². The molecule has 0 aromatic heterocycles. The lowest BCUT2D eigenvalue weighted by molar-refractivity contribution is 0.470. The van der Waals surface area contributed by atoms with Crippen LogP contribution in [0.25, 0.3) is 0 Å². The first kappa shape index (κ1) is 15.0. The molecule has 16 heavy (non-hydrogen) atoms. The minimum Gasteiger partial charge on any atom is -0.0915 e. The van der Waals surface area contributed by atoms with Crippen molar-refractivity contribution in [2.75, 3.05) is 0 Å². The van der Waals surface area contributed by atoms with E-state index in [-0.39, 0.29) is 5.41 Å². The van der Waals surface area contributed by atoms with Gasteiger partial charge in [-0.2, -0.15) is 0 Å². The van der Waals surface area contributed by atoms with Gasteiger partial charge in [0, 0.05) is 0 Å². The van der Waals surface area contributed by atoms with Gasteiger partial charge in [0.2, 0.25) is 0 Å². The van der Waals surface area contributed by atoms with Gasteiger partial charge in [-0.3, -0.25) is 0 Å². The van der Waals surface area contributed by atoms with Gasteiger partial charge in [-0.05, 0) is 36.8 Å². The van der Waals surface area contributed by atoms with E-state index in [1.54, 1.807) is 0 Å². The van der Waals surface area contributed by atoms with Crippen LogP contribution in [0.5, 0.6) is 0 Å². The number of hydrogen-bond donors (Lipinski definition) is 0. The Morgan fingerprint density at radius 2 is 1.88 bits per heavy atom. The Balaban J connectivity index is 0.00000106. The highest BCUT2D eigenvalue weighted by molar-refractivity contribution is 5.44. The molecule has 0 heteroatoms. The van der Waals surface area contributed by atoms with Crippen LogP contribution in [0.15, 0.2) is 47.6 Å². The van der Waals surface area contributed by atoms with Crippen molar-refractivity contribution >= 4 is 0 Å². The zero-order valence-corrected chi connectivity index (χ0v) is 11.7. The maximum atomic E-state index is 4.05. The molecule has 0 fully saturated rings. The van der Waals surface area contributed by atoms with Crippen LogP contribution in [-0.4, -0.2) is 0 Å². The predicted molar refractivity (Wildman–Crippen MR) is 75.5 cm³/mol. The first-order valence-corrected chi connectivity index (χ1v) is 6.13. The van der Waals surface area contributed by atoms with Gasteiger partial charge in [0.05, 0.1) is 0 Å². The van der Waals surface area contributed by atoms with Crippen molar-refractivity contribution in [2.45, 2.75) is 48.0 Å². The van der Waals surface area contributed by atoms with Crippen LogP contribution >= 0.6 is 0 Å². The fourth-order valence-corrected chi connectivity index (χ4v) is 1.53. The van der Waals surface area contributed by atoms with Gasteiger partial charge in [0.25, 0.3) is 0 Å². The second-order valence-electron chi connectivity index (χ2n) is 4.96. The largest absolute Gasteiger partial charge is 0.0915 e. The first-order chi connectivity index (χ1) is 7.41. The molecular formula is C16H26. The molecule has 0 amide bonds. The third kappa shape index (κ3) is 5.16. The molecular weight excluding hydrogens is 192 g/mol. The Morgan fingerprint density at radius 3 is 2.38 bits per heavy atom. The molecule has 0 spiro atoms. The van der Waals surface area contributed by atoms with E-state index in [0.717, 1.165) is 12.0 Å². The summed E-state index contributed by atoms with van der Waals surface area (Å²) in [5.74, 6) is 0. The lowest BCUT2D eigenvalue weighted by Gasteiger charge is -2.27. The summed E-state index contributed by atoms with van der Waals surface area (Å²) in [6.45, 7) is 16.8. The molecule has 1 aliphatic carbocycles. The normalized spacial score (nSPS) is 20.1. The predicted octanol–water partition coefficient (Wildman–Crippen LogP) is 5.45. The van der Waals surface area contributed by atoms with Crippen molar-refractivity contribution in [1.29, 1.82) is 0 Å². The Kier molecular flexibility index (Phi) is 6.10. The number of rotatable bonds is 1. The summed E-state index contributed by atoms with van der Waals surface area (Å²) in [6, 6.07) is 0. The van der Waals surface area contributed by atoms with Crippen LogP contribution in [0, 0.1) is 5.41 Å². The van der Waals surface area contributed by atoms with E-state index in [1.165, 1.54) is 11.1 Å². The lowest BCUT2D eigenvalue weighted by atomic mass is 9.78. The summed E-state index contributed by atoms with van der Waals surface area (Å²) in [7, 11) is 0. The summed E-state index contributed by atoms with van der Waals surface area (Å²) in [6.07, 6.45) is 9.83. The highest BCUT2D eigenvalue weighted by Crippen LogP contribution is 2.35. The molecule has 90 valence electrons. The van der Waals surface area contributed by atoms with Crippen molar-refractivity contribution in [1.82, 2.24) is 0 Å². The van der Waals surface area contributed by atoms with Crippen LogP contribution in [0.1, 0.15) is 48.0 Å². The topological polar surface area (TPSA) is 0 Å². The molecule has 0 aliphatic heterocycles. The van der Waals surface area contributed by atoms with Crippen LogP contribution in [-0.2, 0) is 0 Å². The van der Waals surface area contributed by atoms with Gasteiger partial charge >= 0.3 is 0 Å². The van der Waals surface area contributed by atoms with Gasteiger partial charge in [0.15, 0.2) is 0 Å². The van der Waals surface area contributed by atoms with Crippen molar-refractivity contribution in [3.05, 3.63) is 47.6 Å². The van der Waals surface area contributed by atoms with Crippen molar-refractivity contribution in [3.8, 4) is 0 Å². The van der Waals surface area contributed by atoms with E-state index in [2.05, 4.69) is 58.6 Å². The minimum absolute atomic E-state index is 0.280. The van der Waals surface area contributed by atoms with Gasteiger partial charge in [0.1, 0.15) is 0 Å². The van der Waals surface area contributed by atoms with E-state index >= 15 is 0 Å². The molecule has 1 rings (SSSR count). The van der Waals surface area contributed by atoms with Crippen LogP contribution in [0.2, 0.25) is 0 Å². The molecule has 0 saturated heterocycles. The second kappa shape index (κ2) is 6.52. The Bertz CT molecular complexity index is 318. The van der Waals surface area contributed by atoms with Crippen LogP contribution < -0.4 is 0 Å². The molecule has 1 aliphatic rings. The average Bonchev–Trinajstić information content (AvgIpc) is 2.22. The summed E-state index contributed by atoms with van der Waals surface area (Å²) in [4.78, 5) is 0. The Morgan fingerprint density at radius 1 is 1.31 bits per heavy atom. The summed E-state index contributed by atoms with van der Waals surface area (Å²) in [5.41, 5.74) is 4.13. The average molecular weight is 218 g/mol. The van der Waals surface area contributed by atoms with E-state index in [0.29, 0.717) is 0 Å². The SMILES string of the molecule is C=C1C=CC(C)(C)C/C1=C/C=C(C)C.CC. The smallest absolute Gasteiger partial charge is 0.0131 e. The Hall–Kier alpha value is -1.04. The molecule has 0 aromatic rings. The zero-order chi connectivity index (χ0) is 12.8. The second-order valence-corrected chi connectivity index (χ2v) is 4.96. The number of allylic oxidation sites excluding steroid dienone is 7. The molecule has 0 bridgehead atoms. The van der Waals surface area contributed by atoms with Gasteiger partial charge in [-0.15, -0.1) is 0 Å². The molecule has 0 aromatic carbocycles. The van der Waals surface area contributed by atoms with Gasteiger partial charge < -0.3 is 0 Å². The van der Waals surface area contributed by atoms with E-state index in [9.17, 15) is 0 Å². The lowest BCUT2D eigenvalue weighted by Crippen LogP contribution is -2.13. The first-order valence-electron chi connectivity index (χ1n) is 6.13. The minimum atomic E-state index is 0.280. The summed E-state index contributed by atoms with van der Waals surface area (Å²) in [5, 5.41) is 0. The Labute approximate surface area is 101 Å². The third-order valence-corrected chi connectivity index (χ3v) is 2.41. The molecule has 0 N–H and O–H groups in total. The highest BCUT2D eigenvalue weighted by atomic mass is 14.2. The fourth-order valence-electron chi connectivity index (χ4n) is 1.53.